The van der Waals surface area contributed by atoms with E-state index in [-0.39, 0.29) is 0 Å². The number of hydrogen-bond donors (Lipinski definition) is 0. The Hall–Kier alpha value is -4.63. The van der Waals surface area contributed by atoms with E-state index in [1.54, 1.807) is 6.20 Å². The smallest absolute Gasteiger partial charge is 0.0788 e. The molecule has 34 heavy (non-hydrogen) atoms. The second-order valence-corrected chi connectivity index (χ2v) is 8.56. The van der Waals surface area contributed by atoms with Gasteiger partial charge < -0.3 is 9.13 Å². The summed E-state index contributed by atoms with van der Waals surface area (Å²) < 4.78 is 4.70. The van der Waals surface area contributed by atoms with Crippen molar-refractivity contribution in [2.75, 3.05) is 0 Å². The van der Waals surface area contributed by atoms with Crippen molar-refractivity contribution in [1.82, 2.24) is 14.1 Å². The van der Waals surface area contributed by atoms with Crippen molar-refractivity contribution in [3.8, 4) is 22.5 Å². The lowest BCUT2D eigenvalue weighted by atomic mass is 10.1. The Labute approximate surface area is 197 Å². The minimum absolute atomic E-state index is 1.12. The van der Waals surface area contributed by atoms with Crippen LogP contribution < -0.4 is 0 Å². The molecule has 0 radical (unpaired) electrons. The summed E-state index contributed by atoms with van der Waals surface area (Å²) in [6.07, 6.45) is 5.89. The van der Waals surface area contributed by atoms with Gasteiger partial charge in [0.25, 0.3) is 0 Å². The van der Waals surface area contributed by atoms with Gasteiger partial charge in [0.05, 0.1) is 16.6 Å². The van der Waals surface area contributed by atoms with Crippen LogP contribution in [0.15, 0.2) is 128 Å². The number of aromatic nitrogens is 3. The molecule has 0 unspecified atom stereocenters. The average Bonchev–Trinajstić information content (AvgIpc) is 3.49. The van der Waals surface area contributed by atoms with Crippen LogP contribution in [0.3, 0.4) is 0 Å². The van der Waals surface area contributed by atoms with Gasteiger partial charge in [0.15, 0.2) is 0 Å². The molecule has 160 valence electrons. The lowest BCUT2D eigenvalue weighted by Crippen LogP contribution is -1.97. The molecule has 7 aromatic rings. The lowest BCUT2D eigenvalue weighted by molar-refractivity contribution is 1.12. The highest BCUT2D eigenvalue weighted by Gasteiger charge is 2.17. The molecule has 3 heterocycles. The van der Waals surface area contributed by atoms with Crippen molar-refractivity contribution < 1.29 is 0 Å². The number of benzene rings is 4. The summed E-state index contributed by atoms with van der Waals surface area (Å²) in [5.74, 6) is 0. The fourth-order valence-electron chi connectivity index (χ4n) is 5.08. The largest absolute Gasteiger partial charge is 0.315 e. The van der Waals surface area contributed by atoms with Gasteiger partial charge in [0, 0.05) is 46.1 Å². The van der Waals surface area contributed by atoms with Crippen molar-refractivity contribution in [1.29, 1.82) is 0 Å². The molecule has 0 saturated carbocycles. The van der Waals surface area contributed by atoms with Gasteiger partial charge in [0.2, 0.25) is 0 Å². The van der Waals surface area contributed by atoms with E-state index in [2.05, 4.69) is 123 Å². The molecule has 3 heteroatoms. The first kappa shape index (κ1) is 18.9. The van der Waals surface area contributed by atoms with Gasteiger partial charge in [-0.25, -0.2) is 0 Å². The minimum Gasteiger partial charge on any atom is -0.315 e. The van der Waals surface area contributed by atoms with Crippen LogP contribution in [0.25, 0.3) is 55.2 Å². The molecular formula is C31H21N3. The molecule has 0 spiro atoms. The summed E-state index contributed by atoms with van der Waals surface area (Å²) >= 11 is 0. The Morgan fingerprint density at radius 1 is 0.529 bits per heavy atom. The number of nitrogens with zero attached hydrogens (tertiary/aromatic N) is 3. The third-order valence-corrected chi connectivity index (χ3v) is 6.64. The van der Waals surface area contributed by atoms with Crippen LogP contribution in [0.1, 0.15) is 0 Å². The molecule has 0 aliphatic rings. The third-order valence-electron chi connectivity index (χ3n) is 6.64. The number of pyridine rings is 1. The van der Waals surface area contributed by atoms with Crippen LogP contribution in [0, 0.1) is 0 Å². The van der Waals surface area contributed by atoms with Crippen LogP contribution in [0.2, 0.25) is 0 Å². The molecule has 0 saturated heterocycles. The highest BCUT2D eigenvalue weighted by atomic mass is 15.0. The monoisotopic (exact) mass is 435 g/mol. The zero-order valence-electron chi connectivity index (χ0n) is 18.5. The highest BCUT2D eigenvalue weighted by Crippen LogP contribution is 2.37. The van der Waals surface area contributed by atoms with E-state index in [0.29, 0.717) is 0 Å². The van der Waals surface area contributed by atoms with Gasteiger partial charge in [-0.15, -0.1) is 0 Å². The van der Waals surface area contributed by atoms with Crippen LogP contribution in [0.4, 0.5) is 0 Å². The summed E-state index contributed by atoms with van der Waals surface area (Å²) in [6.45, 7) is 0. The number of rotatable bonds is 3. The molecule has 0 aliphatic heterocycles. The molecule has 0 bridgehead atoms. The fraction of sp³-hybridized carbons (Fsp3) is 0. The van der Waals surface area contributed by atoms with Crippen molar-refractivity contribution in [2.45, 2.75) is 0 Å². The Morgan fingerprint density at radius 3 is 2.18 bits per heavy atom. The van der Waals surface area contributed by atoms with E-state index in [0.717, 1.165) is 16.8 Å². The van der Waals surface area contributed by atoms with Gasteiger partial charge in [0.1, 0.15) is 0 Å². The second kappa shape index (κ2) is 7.46. The Bertz CT molecular complexity index is 1770. The predicted molar refractivity (Wildman–Crippen MR) is 141 cm³/mol. The van der Waals surface area contributed by atoms with Gasteiger partial charge in [-0.3, -0.25) is 4.98 Å². The van der Waals surface area contributed by atoms with E-state index in [4.69, 9.17) is 0 Å². The van der Waals surface area contributed by atoms with E-state index in [1.165, 1.54) is 38.4 Å². The molecule has 0 atom stereocenters. The van der Waals surface area contributed by atoms with Crippen molar-refractivity contribution in [3.63, 3.8) is 0 Å². The maximum Gasteiger partial charge on any atom is 0.0788 e. The first-order valence-electron chi connectivity index (χ1n) is 11.5. The molecule has 0 aliphatic carbocycles. The van der Waals surface area contributed by atoms with E-state index in [1.807, 2.05) is 12.3 Å². The number of fused-ring (bicyclic) bond motifs is 5. The Morgan fingerprint density at radius 2 is 1.35 bits per heavy atom. The number of hydrogen-bond acceptors (Lipinski definition) is 1. The zero-order valence-corrected chi connectivity index (χ0v) is 18.5. The van der Waals surface area contributed by atoms with Gasteiger partial charge in [-0.2, -0.15) is 0 Å². The summed E-state index contributed by atoms with van der Waals surface area (Å²) in [5.41, 5.74) is 8.25. The van der Waals surface area contributed by atoms with E-state index >= 15 is 0 Å². The van der Waals surface area contributed by atoms with Crippen molar-refractivity contribution >= 4 is 32.7 Å². The minimum atomic E-state index is 1.12. The summed E-state index contributed by atoms with van der Waals surface area (Å²) in [5, 5.41) is 3.76. The average molecular weight is 436 g/mol. The summed E-state index contributed by atoms with van der Waals surface area (Å²) in [7, 11) is 0. The molecule has 0 N–H and O–H groups in total. The van der Waals surface area contributed by atoms with Crippen LogP contribution in [-0.4, -0.2) is 14.1 Å². The first-order chi connectivity index (χ1) is 16.9. The van der Waals surface area contributed by atoms with E-state index in [9.17, 15) is 0 Å². The predicted octanol–water partition coefficient (Wildman–Crippen LogP) is 7.79. The van der Waals surface area contributed by atoms with Crippen LogP contribution in [0.5, 0.6) is 0 Å². The second-order valence-electron chi connectivity index (χ2n) is 8.56. The lowest BCUT2D eigenvalue weighted by Gasteiger charge is -2.12. The Kier molecular flexibility index (Phi) is 4.15. The molecule has 0 fully saturated rings. The molecule has 7 rings (SSSR count). The van der Waals surface area contributed by atoms with Crippen molar-refractivity contribution in [3.05, 3.63) is 128 Å². The fourth-order valence-corrected chi connectivity index (χ4v) is 5.08. The molecule has 0 amide bonds. The standard InChI is InChI=1S/C31H21N3/c1-2-8-26(9-3-1)34-29-11-5-4-10-27(29)28-17-14-23-18-20-33(30(23)31(28)34)25-15-12-22(13-16-25)24-7-6-19-32-21-24/h1-21H. The van der Waals surface area contributed by atoms with E-state index < -0.39 is 0 Å². The number of para-hydroxylation sites is 2. The Balaban J connectivity index is 1.52. The first-order valence-corrected chi connectivity index (χ1v) is 11.5. The zero-order chi connectivity index (χ0) is 22.5. The quantitative estimate of drug-likeness (QED) is 0.278. The molecule has 4 aromatic carbocycles. The summed E-state index contributed by atoms with van der Waals surface area (Å²) in [4.78, 5) is 4.26. The molecule has 3 nitrogen and oxygen atoms in total. The SMILES string of the molecule is c1ccc(-n2c3ccccc3c3ccc4ccn(-c5ccc(-c6cccnc6)cc5)c4c32)cc1. The normalized spacial score (nSPS) is 11.5. The molecule has 3 aromatic heterocycles. The maximum atomic E-state index is 4.26. The topological polar surface area (TPSA) is 22.8 Å². The summed E-state index contributed by atoms with van der Waals surface area (Å²) in [6, 6.07) is 38.8. The van der Waals surface area contributed by atoms with Gasteiger partial charge in [-0.05, 0) is 53.6 Å². The van der Waals surface area contributed by atoms with Crippen LogP contribution in [-0.2, 0) is 0 Å². The molecular weight excluding hydrogens is 414 g/mol. The highest BCUT2D eigenvalue weighted by molar-refractivity contribution is 6.18. The third kappa shape index (κ3) is 2.81. The van der Waals surface area contributed by atoms with Gasteiger partial charge in [-0.1, -0.05) is 66.7 Å². The van der Waals surface area contributed by atoms with Gasteiger partial charge >= 0.3 is 0 Å². The van der Waals surface area contributed by atoms with Crippen molar-refractivity contribution in [2.24, 2.45) is 0 Å². The maximum absolute atomic E-state index is 4.26. The van der Waals surface area contributed by atoms with Crippen LogP contribution >= 0.6 is 0 Å².